The molecule has 1 aromatic carbocycles. The first-order valence-corrected chi connectivity index (χ1v) is 11.2. The monoisotopic (exact) mass is 397 g/mol. The number of ether oxygens (including phenoxy) is 2. The largest absolute Gasteiger partial charge is 0.495 e. The van der Waals surface area contributed by atoms with Gasteiger partial charge < -0.3 is 14.4 Å². The van der Waals surface area contributed by atoms with Gasteiger partial charge in [0.05, 0.1) is 19.5 Å². The summed E-state index contributed by atoms with van der Waals surface area (Å²) in [6.07, 6.45) is 3.36. The van der Waals surface area contributed by atoms with E-state index in [1.165, 1.54) is 0 Å². The number of methoxy groups -OCH3 is 2. The van der Waals surface area contributed by atoms with Crippen LogP contribution in [0.4, 0.5) is 5.13 Å². The molecular weight excluding hydrogens is 374 g/mol. The van der Waals surface area contributed by atoms with Crippen LogP contribution in [-0.4, -0.2) is 52.0 Å². The van der Waals surface area contributed by atoms with E-state index in [1.54, 1.807) is 25.6 Å². The Hall–Kier alpha value is -1.58. The van der Waals surface area contributed by atoms with Gasteiger partial charge in [-0.2, -0.15) is 0 Å². The molecule has 2 aliphatic rings. The van der Waals surface area contributed by atoms with Crippen molar-refractivity contribution in [2.24, 2.45) is 0 Å². The number of anilines is 1. The average molecular weight is 398 g/mol. The van der Waals surface area contributed by atoms with Gasteiger partial charge >= 0.3 is 0 Å². The summed E-state index contributed by atoms with van der Waals surface area (Å²) >= 11 is 1.56. The molecule has 0 bridgehead atoms. The topological polar surface area (TPSA) is 80.8 Å². The predicted molar refractivity (Wildman–Crippen MR) is 103 cm³/mol. The van der Waals surface area contributed by atoms with Crippen LogP contribution in [0.15, 0.2) is 12.1 Å². The number of aromatic nitrogens is 1. The maximum Gasteiger partial charge on any atom is 0.214 e. The van der Waals surface area contributed by atoms with Gasteiger partial charge in [-0.3, -0.25) is 0 Å². The predicted octanol–water partition coefficient (Wildman–Crippen LogP) is 2.36. The highest BCUT2D eigenvalue weighted by atomic mass is 32.2. The van der Waals surface area contributed by atoms with Crippen molar-refractivity contribution >= 4 is 36.7 Å². The third kappa shape index (κ3) is 3.35. The van der Waals surface area contributed by atoms with E-state index < -0.39 is 10.0 Å². The van der Waals surface area contributed by atoms with E-state index in [0.29, 0.717) is 12.3 Å². The third-order valence-corrected chi connectivity index (χ3v) is 8.03. The van der Waals surface area contributed by atoms with E-state index >= 15 is 0 Å². The maximum absolute atomic E-state index is 12.2. The zero-order chi connectivity index (χ0) is 18.3. The zero-order valence-corrected chi connectivity index (χ0v) is 16.5. The normalized spacial score (nSPS) is 21.2. The van der Waals surface area contributed by atoms with Crippen LogP contribution in [-0.2, 0) is 10.0 Å². The Labute approximate surface area is 157 Å². The number of piperidine rings is 1. The van der Waals surface area contributed by atoms with Crippen LogP contribution < -0.4 is 19.1 Å². The first-order valence-electron chi connectivity index (χ1n) is 8.79. The number of rotatable bonds is 6. The van der Waals surface area contributed by atoms with Gasteiger partial charge in [0.25, 0.3) is 0 Å². The molecule has 1 aromatic heterocycles. The van der Waals surface area contributed by atoms with Gasteiger partial charge in [-0.05, 0) is 37.8 Å². The van der Waals surface area contributed by atoms with Gasteiger partial charge in [0.15, 0.2) is 5.13 Å². The van der Waals surface area contributed by atoms with E-state index in [-0.39, 0.29) is 11.3 Å². The number of nitrogens with zero attached hydrogens (tertiary/aromatic N) is 2. The maximum atomic E-state index is 12.2. The molecule has 1 aliphatic heterocycles. The highest BCUT2D eigenvalue weighted by molar-refractivity contribution is 7.90. The van der Waals surface area contributed by atoms with Crippen molar-refractivity contribution in [3.8, 4) is 11.5 Å². The summed E-state index contributed by atoms with van der Waals surface area (Å²) in [4.78, 5) is 6.92. The number of nitrogens with one attached hydrogen (secondary N) is 1. The molecule has 1 aliphatic carbocycles. The second-order valence-electron chi connectivity index (χ2n) is 6.79. The molecule has 1 saturated carbocycles. The number of fused-ring (bicyclic) bond motifs is 1. The van der Waals surface area contributed by atoms with Crippen molar-refractivity contribution < 1.29 is 17.9 Å². The standard InChI is InChI=1S/C17H23N3O4S2/c1-23-13-7-8-14(24-2)16-15(13)18-17(25-16)20-9-3-4-11(10-20)19-26(21,22)12-5-6-12/h7-8,11-12,19H,3-6,9-10H2,1-2H3. The first-order chi connectivity index (χ1) is 12.5. The molecule has 26 heavy (non-hydrogen) atoms. The molecule has 9 heteroatoms. The molecule has 1 N–H and O–H groups in total. The Morgan fingerprint density at radius 1 is 1.19 bits per heavy atom. The Balaban J connectivity index is 1.58. The van der Waals surface area contributed by atoms with Gasteiger partial charge in [0.2, 0.25) is 10.0 Å². The summed E-state index contributed by atoms with van der Waals surface area (Å²) < 4.78 is 39.2. The molecule has 0 radical (unpaired) electrons. The van der Waals surface area contributed by atoms with Gasteiger partial charge in [-0.15, -0.1) is 0 Å². The molecule has 0 spiro atoms. The summed E-state index contributed by atoms with van der Waals surface area (Å²) in [6, 6.07) is 3.67. The minimum Gasteiger partial charge on any atom is -0.495 e. The quantitative estimate of drug-likeness (QED) is 0.806. The van der Waals surface area contributed by atoms with Crippen LogP contribution in [0, 0.1) is 0 Å². The van der Waals surface area contributed by atoms with Crippen LogP contribution in [0.5, 0.6) is 11.5 Å². The van der Waals surface area contributed by atoms with Crippen LogP contribution in [0.3, 0.4) is 0 Å². The first kappa shape index (κ1) is 17.8. The van der Waals surface area contributed by atoms with Crippen LogP contribution in [0.25, 0.3) is 10.2 Å². The second kappa shape index (κ2) is 6.86. The van der Waals surface area contributed by atoms with Crippen molar-refractivity contribution in [1.82, 2.24) is 9.71 Å². The molecule has 1 saturated heterocycles. The lowest BCUT2D eigenvalue weighted by molar-refractivity contribution is 0.410. The summed E-state index contributed by atoms with van der Waals surface area (Å²) in [6.45, 7) is 1.50. The highest BCUT2D eigenvalue weighted by Gasteiger charge is 2.38. The van der Waals surface area contributed by atoms with E-state index in [1.807, 2.05) is 12.1 Å². The zero-order valence-electron chi connectivity index (χ0n) is 14.9. The number of thiazole rings is 1. The molecule has 0 amide bonds. The van der Waals surface area contributed by atoms with Gasteiger partial charge in [0.1, 0.15) is 21.7 Å². The van der Waals surface area contributed by atoms with Crippen molar-refractivity contribution in [2.75, 3.05) is 32.2 Å². The molecule has 1 unspecified atom stereocenters. The minimum atomic E-state index is -3.17. The molecular formula is C17H23N3O4S2. The van der Waals surface area contributed by atoms with E-state index in [9.17, 15) is 8.42 Å². The fourth-order valence-corrected chi connectivity index (χ4v) is 6.08. The van der Waals surface area contributed by atoms with Gasteiger partial charge in [0, 0.05) is 19.1 Å². The van der Waals surface area contributed by atoms with Crippen molar-refractivity contribution in [3.05, 3.63) is 12.1 Å². The fourth-order valence-electron chi connectivity index (χ4n) is 3.36. The summed E-state index contributed by atoms with van der Waals surface area (Å²) in [5.41, 5.74) is 0.785. The smallest absolute Gasteiger partial charge is 0.214 e. The Kier molecular flexibility index (Phi) is 4.70. The lowest BCUT2D eigenvalue weighted by Gasteiger charge is -2.32. The summed E-state index contributed by atoms with van der Waals surface area (Å²) in [7, 11) is 0.0999. The lowest BCUT2D eigenvalue weighted by atomic mass is 10.1. The lowest BCUT2D eigenvalue weighted by Crippen LogP contribution is -2.48. The van der Waals surface area contributed by atoms with Crippen LogP contribution >= 0.6 is 11.3 Å². The van der Waals surface area contributed by atoms with Gasteiger partial charge in [-0.25, -0.2) is 18.1 Å². The Morgan fingerprint density at radius 2 is 1.92 bits per heavy atom. The summed E-state index contributed by atoms with van der Waals surface area (Å²) in [5.74, 6) is 1.49. The van der Waals surface area contributed by atoms with Crippen molar-refractivity contribution in [3.63, 3.8) is 0 Å². The Bertz CT molecular complexity index is 867. The molecule has 2 heterocycles. The van der Waals surface area contributed by atoms with Crippen LogP contribution in [0.1, 0.15) is 25.7 Å². The summed E-state index contributed by atoms with van der Waals surface area (Å²) in [5, 5.41) is 0.687. The molecule has 7 nitrogen and oxygen atoms in total. The van der Waals surface area contributed by atoms with Crippen molar-refractivity contribution in [1.29, 1.82) is 0 Å². The molecule has 1 atom stereocenters. The van der Waals surface area contributed by atoms with Crippen LogP contribution in [0.2, 0.25) is 0 Å². The van der Waals surface area contributed by atoms with Gasteiger partial charge in [-0.1, -0.05) is 11.3 Å². The number of hydrogen-bond donors (Lipinski definition) is 1. The van der Waals surface area contributed by atoms with Crippen molar-refractivity contribution in [2.45, 2.75) is 37.0 Å². The van der Waals surface area contributed by atoms with E-state index in [4.69, 9.17) is 14.5 Å². The molecule has 142 valence electrons. The number of sulfonamides is 1. The Morgan fingerprint density at radius 3 is 2.62 bits per heavy atom. The SMILES string of the molecule is COc1ccc(OC)c2sc(N3CCCC(NS(=O)(=O)C4CC4)C3)nc12. The number of hydrogen-bond acceptors (Lipinski definition) is 7. The average Bonchev–Trinajstić information content (AvgIpc) is 3.40. The fraction of sp³-hybridized carbons (Fsp3) is 0.588. The molecule has 4 rings (SSSR count). The third-order valence-electron chi connectivity index (χ3n) is 4.89. The molecule has 2 aromatic rings. The number of benzene rings is 1. The second-order valence-corrected chi connectivity index (χ2v) is 9.76. The molecule has 2 fully saturated rings. The highest BCUT2D eigenvalue weighted by Crippen LogP contribution is 2.40. The minimum absolute atomic E-state index is 0.0647. The van der Waals surface area contributed by atoms with E-state index in [2.05, 4.69) is 9.62 Å². The van der Waals surface area contributed by atoms with E-state index in [0.717, 1.165) is 53.3 Å².